The highest BCUT2D eigenvalue weighted by Crippen LogP contribution is 1.95. The lowest BCUT2D eigenvalue weighted by Gasteiger charge is -2.15. The van der Waals surface area contributed by atoms with E-state index >= 15 is 0 Å². The van der Waals surface area contributed by atoms with Gasteiger partial charge in [0.2, 0.25) is 0 Å². The lowest BCUT2D eigenvalue weighted by atomic mass is 10.3. The summed E-state index contributed by atoms with van der Waals surface area (Å²) in [6, 6.07) is -0.718. The Kier molecular flexibility index (Phi) is 7.37. The zero-order valence-corrected chi connectivity index (χ0v) is 8.99. The van der Waals surface area contributed by atoms with Crippen molar-refractivity contribution in [3.8, 4) is 0 Å². The molecule has 2 unspecified atom stereocenters. The zero-order valence-electron chi connectivity index (χ0n) is 8.99. The van der Waals surface area contributed by atoms with Crippen molar-refractivity contribution in [1.82, 2.24) is 0 Å². The fraction of sp³-hybridized carbons (Fsp3) is 0.889. The summed E-state index contributed by atoms with van der Waals surface area (Å²) in [6.07, 6.45) is -0.273. The third-order valence-electron chi connectivity index (χ3n) is 1.52. The van der Waals surface area contributed by atoms with E-state index in [4.69, 9.17) is 19.9 Å². The Balaban J connectivity index is 3.69. The Morgan fingerprint density at radius 2 is 2.07 bits per heavy atom. The molecule has 0 heterocycles. The molecule has 0 saturated carbocycles. The Bertz CT molecular complexity index is 163. The Morgan fingerprint density at radius 1 is 1.43 bits per heavy atom. The molecular formula is C9H19NO4. The van der Waals surface area contributed by atoms with Crippen LogP contribution >= 0.6 is 0 Å². The smallest absolute Gasteiger partial charge is 0.325 e. The molecule has 0 amide bonds. The number of esters is 1. The van der Waals surface area contributed by atoms with Gasteiger partial charge in [0.05, 0.1) is 13.2 Å². The van der Waals surface area contributed by atoms with Gasteiger partial charge in [-0.15, -0.1) is 0 Å². The molecule has 0 rings (SSSR count). The summed E-state index contributed by atoms with van der Waals surface area (Å²) < 4.78 is 14.8. The van der Waals surface area contributed by atoms with E-state index in [1.165, 1.54) is 7.11 Å². The molecule has 0 aromatic heterocycles. The molecule has 84 valence electrons. The molecule has 5 heteroatoms. The summed E-state index contributed by atoms with van der Waals surface area (Å²) in [5, 5.41) is 0. The van der Waals surface area contributed by atoms with Crippen molar-refractivity contribution < 1.29 is 19.0 Å². The molecule has 0 aliphatic rings. The molecule has 0 bridgehead atoms. The summed E-state index contributed by atoms with van der Waals surface area (Å²) in [5.74, 6) is -0.459. The number of nitrogens with two attached hydrogens (primary N) is 1. The first kappa shape index (κ1) is 13.4. The van der Waals surface area contributed by atoms with Crippen LogP contribution < -0.4 is 5.73 Å². The van der Waals surface area contributed by atoms with Crippen LogP contribution in [0.2, 0.25) is 0 Å². The maximum absolute atomic E-state index is 11.2. The van der Waals surface area contributed by atoms with Crippen LogP contribution in [0.4, 0.5) is 0 Å². The van der Waals surface area contributed by atoms with E-state index in [-0.39, 0.29) is 12.7 Å². The number of hydrogen-bond acceptors (Lipinski definition) is 5. The van der Waals surface area contributed by atoms with Gasteiger partial charge in [0.25, 0.3) is 0 Å². The molecule has 0 aliphatic carbocycles. The van der Waals surface area contributed by atoms with E-state index in [9.17, 15) is 4.79 Å². The first-order valence-electron chi connectivity index (χ1n) is 4.64. The van der Waals surface area contributed by atoms with E-state index in [0.29, 0.717) is 13.2 Å². The highest BCUT2D eigenvalue weighted by atomic mass is 16.6. The molecule has 0 radical (unpaired) electrons. The maximum Gasteiger partial charge on any atom is 0.325 e. The van der Waals surface area contributed by atoms with Crippen LogP contribution in [0.3, 0.4) is 0 Å². The summed E-state index contributed by atoms with van der Waals surface area (Å²) in [6.45, 7) is 4.80. The van der Waals surface area contributed by atoms with Crippen molar-refractivity contribution in [1.29, 1.82) is 0 Å². The van der Waals surface area contributed by atoms with Gasteiger partial charge in [0.1, 0.15) is 12.1 Å². The SMILES string of the molecule is CCOCC(C)OC(=O)C(N)COC. The van der Waals surface area contributed by atoms with Crippen molar-refractivity contribution in [2.45, 2.75) is 26.0 Å². The van der Waals surface area contributed by atoms with E-state index in [1.807, 2.05) is 6.92 Å². The van der Waals surface area contributed by atoms with Crippen molar-refractivity contribution in [2.75, 3.05) is 26.9 Å². The molecule has 0 aliphatic heterocycles. The fourth-order valence-electron chi connectivity index (χ4n) is 0.851. The number of carbonyl (C=O) groups is 1. The number of methoxy groups -OCH3 is 1. The lowest BCUT2D eigenvalue weighted by Crippen LogP contribution is -2.38. The minimum Gasteiger partial charge on any atom is -0.459 e. The summed E-state index contributed by atoms with van der Waals surface area (Å²) in [7, 11) is 1.48. The van der Waals surface area contributed by atoms with Crippen molar-refractivity contribution in [3.05, 3.63) is 0 Å². The van der Waals surface area contributed by atoms with Crippen LogP contribution in [-0.4, -0.2) is 45.0 Å². The van der Waals surface area contributed by atoms with Gasteiger partial charge in [-0.05, 0) is 13.8 Å². The average Bonchev–Trinajstić information content (AvgIpc) is 2.15. The normalized spacial score (nSPS) is 14.9. The van der Waals surface area contributed by atoms with E-state index in [1.54, 1.807) is 6.92 Å². The van der Waals surface area contributed by atoms with Gasteiger partial charge in [-0.2, -0.15) is 0 Å². The van der Waals surface area contributed by atoms with Gasteiger partial charge in [-0.1, -0.05) is 0 Å². The first-order valence-corrected chi connectivity index (χ1v) is 4.64. The quantitative estimate of drug-likeness (QED) is 0.589. The number of carbonyl (C=O) groups excluding carboxylic acids is 1. The van der Waals surface area contributed by atoms with Crippen molar-refractivity contribution in [3.63, 3.8) is 0 Å². The standard InChI is InChI=1S/C9H19NO4/c1-4-13-5-7(2)14-9(11)8(10)6-12-3/h7-8H,4-6,10H2,1-3H3. The number of hydrogen-bond donors (Lipinski definition) is 1. The monoisotopic (exact) mass is 205 g/mol. The molecule has 0 aromatic rings. The molecule has 2 atom stereocenters. The largest absolute Gasteiger partial charge is 0.459 e. The molecule has 5 nitrogen and oxygen atoms in total. The van der Waals surface area contributed by atoms with Gasteiger partial charge in [0.15, 0.2) is 0 Å². The molecule has 0 spiro atoms. The second-order valence-electron chi connectivity index (χ2n) is 2.97. The van der Waals surface area contributed by atoms with Crippen LogP contribution in [0.5, 0.6) is 0 Å². The second-order valence-corrected chi connectivity index (χ2v) is 2.97. The topological polar surface area (TPSA) is 70.8 Å². The molecule has 0 fully saturated rings. The van der Waals surface area contributed by atoms with Gasteiger partial charge in [-0.3, -0.25) is 4.79 Å². The van der Waals surface area contributed by atoms with Gasteiger partial charge in [-0.25, -0.2) is 0 Å². The van der Waals surface area contributed by atoms with Crippen molar-refractivity contribution >= 4 is 5.97 Å². The second kappa shape index (κ2) is 7.73. The highest BCUT2D eigenvalue weighted by molar-refractivity contribution is 5.75. The van der Waals surface area contributed by atoms with Crippen LogP contribution in [0, 0.1) is 0 Å². The molecule has 0 aromatic carbocycles. The van der Waals surface area contributed by atoms with Gasteiger partial charge in [0, 0.05) is 13.7 Å². The van der Waals surface area contributed by atoms with E-state index in [0.717, 1.165) is 0 Å². The number of rotatable bonds is 7. The molecule has 0 saturated heterocycles. The van der Waals surface area contributed by atoms with E-state index in [2.05, 4.69) is 0 Å². The molecular weight excluding hydrogens is 186 g/mol. The predicted molar refractivity (Wildman–Crippen MR) is 51.9 cm³/mol. The van der Waals surface area contributed by atoms with Crippen LogP contribution in [0.15, 0.2) is 0 Å². The summed E-state index contributed by atoms with van der Waals surface area (Å²) in [4.78, 5) is 11.2. The van der Waals surface area contributed by atoms with Crippen LogP contribution in [-0.2, 0) is 19.0 Å². The number of ether oxygens (including phenoxy) is 3. The third-order valence-corrected chi connectivity index (χ3v) is 1.52. The van der Waals surface area contributed by atoms with E-state index < -0.39 is 12.0 Å². The third kappa shape index (κ3) is 5.90. The van der Waals surface area contributed by atoms with Crippen molar-refractivity contribution in [2.24, 2.45) is 5.73 Å². The van der Waals surface area contributed by atoms with Crippen LogP contribution in [0.25, 0.3) is 0 Å². The molecule has 14 heavy (non-hydrogen) atoms. The summed E-state index contributed by atoms with van der Waals surface area (Å²) >= 11 is 0. The summed E-state index contributed by atoms with van der Waals surface area (Å²) in [5.41, 5.74) is 5.46. The fourth-order valence-corrected chi connectivity index (χ4v) is 0.851. The predicted octanol–water partition coefficient (Wildman–Crippen LogP) is -0.0717. The Morgan fingerprint density at radius 3 is 2.57 bits per heavy atom. The van der Waals surface area contributed by atoms with Gasteiger partial charge < -0.3 is 19.9 Å². The maximum atomic E-state index is 11.2. The lowest BCUT2D eigenvalue weighted by molar-refractivity contribution is -0.153. The average molecular weight is 205 g/mol. The minimum atomic E-state index is -0.718. The first-order chi connectivity index (χ1) is 6.61. The molecule has 2 N–H and O–H groups in total. The Labute approximate surface area is 84.5 Å². The Hall–Kier alpha value is -0.650. The van der Waals surface area contributed by atoms with Gasteiger partial charge >= 0.3 is 5.97 Å². The highest BCUT2D eigenvalue weighted by Gasteiger charge is 2.17. The minimum absolute atomic E-state index is 0.167. The zero-order chi connectivity index (χ0) is 11.0. The van der Waals surface area contributed by atoms with Crippen LogP contribution in [0.1, 0.15) is 13.8 Å².